The molecule has 1 aliphatic carbocycles. The Hall–Kier alpha value is -1.69. The molecule has 5 nitrogen and oxygen atoms in total. The largest absolute Gasteiger partial charge is 0.467 e. The zero-order chi connectivity index (χ0) is 14.1. The predicted octanol–water partition coefficient (Wildman–Crippen LogP) is 2.86. The highest BCUT2D eigenvalue weighted by atomic mass is 32.1. The van der Waals surface area contributed by atoms with Gasteiger partial charge in [0.1, 0.15) is 17.7 Å². The Morgan fingerprint density at radius 1 is 1.10 bits per heavy atom. The van der Waals surface area contributed by atoms with Gasteiger partial charge in [0.15, 0.2) is 0 Å². The molecule has 2 aliphatic rings. The van der Waals surface area contributed by atoms with Gasteiger partial charge in [-0.2, -0.15) is 0 Å². The van der Waals surface area contributed by atoms with Crippen LogP contribution in [0.2, 0.25) is 0 Å². The van der Waals surface area contributed by atoms with Crippen LogP contribution >= 0.6 is 11.3 Å². The fourth-order valence-electron chi connectivity index (χ4n) is 2.69. The second-order valence-corrected chi connectivity index (χ2v) is 6.51. The van der Waals surface area contributed by atoms with E-state index in [1.165, 1.54) is 12.8 Å². The van der Waals surface area contributed by atoms with Crippen LogP contribution in [0.25, 0.3) is 0 Å². The lowest BCUT2D eigenvalue weighted by atomic mass is 10.1. The van der Waals surface area contributed by atoms with Crippen LogP contribution in [0.3, 0.4) is 0 Å². The first-order valence-corrected chi connectivity index (χ1v) is 8.40. The topological polar surface area (TPSA) is 51.1 Å². The van der Waals surface area contributed by atoms with E-state index in [9.17, 15) is 0 Å². The number of nitrogens with zero attached hydrogens (tertiary/aromatic N) is 4. The number of anilines is 1. The lowest BCUT2D eigenvalue weighted by molar-refractivity contribution is 0.170. The third-order valence-corrected chi connectivity index (χ3v) is 4.71. The zero-order valence-corrected chi connectivity index (χ0v) is 12.6. The molecule has 0 bridgehead atoms. The lowest BCUT2D eigenvalue weighted by Gasteiger charge is -2.32. The zero-order valence-electron chi connectivity index (χ0n) is 11.8. The molecule has 0 radical (unpaired) electrons. The van der Waals surface area contributed by atoms with Crippen LogP contribution in [0.1, 0.15) is 37.4 Å². The van der Waals surface area contributed by atoms with Gasteiger partial charge in [-0.3, -0.25) is 0 Å². The first-order chi connectivity index (χ1) is 10.4. The summed E-state index contributed by atoms with van der Waals surface area (Å²) in [4.78, 5) is 15.6. The van der Waals surface area contributed by atoms with Crippen LogP contribution in [-0.4, -0.2) is 34.1 Å². The molecular formula is C15H18N4OS. The Morgan fingerprint density at radius 3 is 2.67 bits per heavy atom. The maximum Gasteiger partial charge on any atom is 0.273 e. The Balaban J connectivity index is 1.37. The van der Waals surface area contributed by atoms with E-state index in [0.29, 0.717) is 5.92 Å². The van der Waals surface area contributed by atoms with Crippen LogP contribution in [0.15, 0.2) is 23.8 Å². The van der Waals surface area contributed by atoms with E-state index in [1.807, 2.05) is 17.6 Å². The summed E-state index contributed by atoms with van der Waals surface area (Å²) in [6, 6.07) is 2.02. The molecule has 0 atom stereocenters. The molecule has 110 valence electrons. The summed E-state index contributed by atoms with van der Waals surface area (Å²) in [5, 5.41) is 2.73. The van der Waals surface area contributed by atoms with Gasteiger partial charge in [-0.25, -0.2) is 15.0 Å². The van der Waals surface area contributed by atoms with Crippen molar-refractivity contribution in [1.82, 2.24) is 15.0 Å². The minimum atomic E-state index is 0.275. The molecule has 0 spiro atoms. The average Bonchev–Trinajstić information content (AvgIpc) is 3.27. The minimum Gasteiger partial charge on any atom is -0.467 e. The molecule has 0 amide bonds. The van der Waals surface area contributed by atoms with E-state index in [4.69, 9.17) is 9.72 Å². The van der Waals surface area contributed by atoms with Gasteiger partial charge in [0.2, 0.25) is 0 Å². The number of aromatic nitrogens is 3. The molecule has 0 unspecified atom stereocenters. The standard InChI is InChI=1S/C15H18N4OS/c1-2-11(1)14-16-6-3-13(18-14)19-8-4-12(5-9-19)20-15-17-7-10-21-15/h3,6-7,10-12H,1-2,4-5,8-9H2. The van der Waals surface area contributed by atoms with Crippen molar-refractivity contribution in [3.63, 3.8) is 0 Å². The first-order valence-electron chi connectivity index (χ1n) is 7.52. The molecule has 6 heteroatoms. The third kappa shape index (κ3) is 3.00. The first kappa shape index (κ1) is 13.0. The van der Waals surface area contributed by atoms with Gasteiger partial charge in [0.05, 0.1) is 0 Å². The molecule has 1 saturated carbocycles. The van der Waals surface area contributed by atoms with Crippen LogP contribution in [0, 0.1) is 0 Å². The highest BCUT2D eigenvalue weighted by Gasteiger charge is 2.28. The van der Waals surface area contributed by atoms with E-state index >= 15 is 0 Å². The molecular weight excluding hydrogens is 284 g/mol. The van der Waals surface area contributed by atoms with Gasteiger partial charge in [-0.05, 0) is 18.9 Å². The summed E-state index contributed by atoms with van der Waals surface area (Å²) in [5.41, 5.74) is 0. The number of rotatable bonds is 4. The summed E-state index contributed by atoms with van der Waals surface area (Å²) in [5.74, 6) is 2.70. The molecule has 1 aliphatic heterocycles. The van der Waals surface area contributed by atoms with E-state index in [0.717, 1.165) is 42.8 Å². The van der Waals surface area contributed by atoms with Crippen molar-refractivity contribution in [3.8, 4) is 5.19 Å². The molecule has 0 aromatic carbocycles. The van der Waals surface area contributed by atoms with E-state index in [-0.39, 0.29) is 6.10 Å². The highest BCUT2D eigenvalue weighted by molar-refractivity contribution is 7.11. The second-order valence-electron chi connectivity index (χ2n) is 5.65. The average molecular weight is 302 g/mol. The fourth-order valence-corrected chi connectivity index (χ4v) is 3.24. The maximum absolute atomic E-state index is 5.90. The molecule has 2 aromatic heterocycles. The predicted molar refractivity (Wildman–Crippen MR) is 82.0 cm³/mol. The highest BCUT2D eigenvalue weighted by Crippen LogP contribution is 2.38. The Labute approximate surface area is 128 Å². The normalized spacial score (nSPS) is 19.7. The molecule has 4 rings (SSSR count). The number of ether oxygens (including phenoxy) is 1. The Kier molecular flexibility index (Phi) is 3.47. The van der Waals surface area contributed by atoms with E-state index < -0.39 is 0 Å². The van der Waals surface area contributed by atoms with Crippen LogP contribution in [0.4, 0.5) is 5.82 Å². The molecule has 2 aromatic rings. The number of hydrogen-bond acceptors (Lipinski definition) is 6. The quantitative estimate of drug-likeness (QED) is 0.869. The summed E-state index contributed by atoms with van der Waals surface area (Å²) in [6.45, 7) is 1.97. The number of hydrogen-bond donors (Lipinski definition) is 0. The van der Waals surface area contributed by atoms with Crippen LogP contribution in [-0.2, 0) is 0 Å². The second kappa shape index (κ2) is 5.60. The molecule has 21 heavy (non-hydrogen) atoms. The van der Waals surface area contributed by atoms with Crippen molar-refractivity contribution < 1.29 is 4.74 Å². The van der Waals surface area contributed by atoms with Gasteiger partial charge < -0.3 is 9.64 Å². The number of piperidine rings is 1. The van der Waals surface area contributed by atoms with Crippen molar-refractivity contribution in [1.29, 1.82) is 0 Å². The fraction of sp³-hybridized carbons (Fsp3) is 0.533. The van der Waals surface area contributed by atoms with E-state index in [2.05, 4.69) is 14.9 Å². The van der Waals surface area contributed by atoms with Crippen molar-refractivity contribution in [2.75, 3.05) is 18.0 Å². The smallest absolute Gasteiger partial charge is 0.273 e. The molecule has 3 heterocycles. The summed E-state index contributed by atoms with van der Waals surface area (Å²) in [7, 11) is 0. The lowest BCUT2D eigenvalue weighted by Crippen LogP contribution is -2.38. The van der Waals surface area contributed by atoms with Gasteiger partial charge in [0.25, 0.3) is 5.19 Å². The third-order valence-electron chi connectivity index (χ3n) is 4.05. The summed E-state index contributed by atoms with van der Waals surface area (Å²) < 4.78 is 5.90. The molecule has 0 N–H and O–H groups in total. The van der Waals surface area contributed by atoms with Gasteiger partial charge in [-0.1, -0.05) is 11.3 Å². The van der Waals surface area contributed by atoms with Crippen molar-refractivity contribution >= 4 is 17.2 Å². The Morgan fingerprint density at radius 2 is 1.95 bits per heavy atom. The van der Waals surface area contributed by atoms with Crippen LogP contribution < -0.4 is 9.64 Å². The monoisotopic (exact) mass is 302 g/mol. The summed E-state index contributed by atoms with van der Waals surface area (Å²) in [6.07, 6.45) is 8.48. The van der Waals surface area contributed by atoms with Crippen molar-refractivity contribution in [2.24, 2.45) is 0 Å². The maximum atomic E-state index is 5.90. The number of thiazole rings is 1. The molecule has 2 fully saturated rings. The van der Waals surface area contributed by atoms with Gasteiger partial charge in [0, 0.05) is 49.6 Å². The van der Waals surface area contributed by atoms with Crippen molar-refractivity contribution in [3.05, 3.63) is 29.7 Å². The molecule has 1 saturated heterocycles. The van der Waals surface area contributed by atoms with Crippen molar-refractivity contribution in [2.45, 2.75) is 37.7 Å². The van der Waals surface area contributed by atoms with Gasteiger partial charge in [-0.15, -0.1) is 0 Å². The SMILES string of the molecule is c1cc(N2CCC(Oc3nccs3)CC2)nc(C2CC2)n1. The minimum absolute atomic E-state index is 0.275. The Bertz CT molecular complexity index is 591. The summed E-state index contributed by atoms with van der Waals surface area (Å²) >= 11 is 1.56. The van der Waals surface area contributed by atoms with Gasteiger partial charge >= 0.3 is 0 Å². The van der Waals surface area contributed by atoms with Crippen LogP contribution in [0.5, 0.6) is 5.19 Å². The van der Waals surface area contributed by atoms with E-state index in [1.54, 1.807) is 17.5 Å².